The first-order valence-electron chi connectivity index (χ1n) is 6.61. The lowest BCUT2D eigenvalue weighted by atomic mass is 10.3. The van der Waals surface area contributed by atoms with E-state index in [9.17, 15) is 0 Å². The molecule has 5 heteroatoms. The number of aromatic nitrogens is 1. The Hall–Kier alpha value is -0.100. The Kier molecular flexibility index (Phi) is 5.95. The van der Waals surface area contributed by atoms with Gasteiger partial charge < -0.3 is 10.1 Å². The molecule has 0 spiro atoms. The molecule has 1 fully saturated rings. The van der Waals surface area contributed by atoms with Crippen LogP contribution in [0.5, 0.6) is 0 Å². The molecule has 102 valence electrons. The molecule has 0 bridgehead atoms. The van der Waals surface area contributed by atoms with Gasteiger partial charge in [0.1, 0.15) is 5.01 Å². The van der Waals surface area contributed by atoms with E-state index in [0.29, 0.717) is 6.61 Å². The van der Waals surface area contributed by atoms with E-state index in [2.05, 4.69) is 12.2 Å². The highest BCUT2D eigenvalue weighted by Gasteiger charge is 2.21. The van der Waals surface area contributed by atoms with Crippen molar-refractivity contribution < 1.29 is 4.74 Å². The third kappa shape index (κ3) is 4.53. The summed E-state index contributed by atoms with van der Waals surface area (Å²) in [4.78, 5) is 6.06. The van der Waals surface area contributed by atoms with Crippen molar-refractivity contribution in [3.05, 3.63) is 15.6 Å². The van der Waals surface area contributed by atoms with Gasteiger partial charge in [-0.2, -0.15) is 11.8 Å². The van der Waals surface area contributed by atoms with Gasteiger partial charge in [0.25, 0.3) is 0 Å². The van der Waals surface area contributed by atoms with Gasteiger partial charge in [0.2, 0.25) is 0 Å². The fraction of sp³-hybridized carbons (Fsp3) is 0.769. The van der Waals surface area contributed by atoms with Crippen molar-refractivity contribution in [2.75, 3.05) is 12.9 Å². The van der Waals surface area contributed by atoms with Gasteiger partial charge in [0.05, 0.1) is 12.3 Å². The number of thioether (sulfide) groups is 1. The van der Waals surface area contributed by atoms with E-state index in [-0.39, 0.29) is 0 Å². The summed E-state index contributed by atoms with van der Waals surface area (Å²) in [6.45, 7) is 3.81. The number of nitrogens with one attached hydrogen (secondary N) is 1. The van der Waals surface area contributed by atoms with Crippen LogP contribution in [0.25, 0.3) is 0 Å². The van der Waals surface area contributed by atoms with Crippen LogP contribution < -0.4 is 5.32 Å². The molecular weight excluding hydrogens is 264 g/mol. The normalized spacial score (nSPS) is 15.2. The predicted octanol–water partition coefficient (Wildman–Crippen LogP) is 3.18. The molecule has 0 saturated heterocycles. The Morgan fingerprint density at radius 1 is 1.50 bits per heavy atom. The lowest BCUT2D eigenvalue weighted by Crippen LogP contribution is -2.15. The highest BCUT2D eigenvalue weighted by Crippen LogP contribution is 2.25. The largest absolute Gasteiger partial charge is 0.378 e. The van der Waals surface area contributed by atoms with Crippen LogP contribution in [0, 0.1) is 0 Å². The number of nitrogens with zero attached hydrogens (tertiary/aromatic N) is 1. The maximum atomic E-state index is 5.24. The summed E-state index contributed by atoms with van der Waals surface area (Å²) in [7, 11) is 1.74. The molecule has 1 heterocycles. The van der Waals surface area contributed by atoms with E-state index in [1.807, 2.05) is 23.1 Å². The molecule has 0 amide bonds. The maximum absolute atomic E-state index is 5.24. The summed E-state index contributed by atoms with van der Waals surface area (Å²) >= 11 is 3.82. The highest BCUT2D eigenvalue weighted by molar-refractivity contribution is 7.98. The topological polar surface area (TPSA) is 34.1 Å². The van der Waals surface area contributed by atoms with Crippen LogP contribution in [-0.4, -0.2) is 23.9 Å². The van der Waals surface area contributed by atoms with Gasteiger partial charge in [0, 0.05) is 30.3 Å². The Balaban J connectivity index is 1.90. The van der Waals surface area contributed by atoms with Gasteiger partial charge in [-0.15, -0.1) is 11.3 Å². The van der Waals surface area contributed by atoms with Crippen LogP contribution in [-0.2, 0) is 23.6 Å². The molecule has 1 aromatic heterocycles. The minimum absolute atomic E-state index is 0.636. The molecule has 0 aromatic carbocycles. The van der Waals surface area contributed by atoms with Crippen molar-refractivity contribution in [3.8, 4) is 0 Å². The molecular formula is C13H22N2OS2. The number of rotatable bonds is 9. The van der Waals surface area contributed by atoms with Crippen molar-refractivity contribution >= 4 is 23.1 Å². The number of hydrogen-bond donors (Lipinski definition) is 1. The highest BCUT2D eigenvalue weighted by atomic mass is 32.2. The molecule has 3 nitrogen and oxygen atoms in total. The Morgan fingerprint density at radius 2 is 2.33 bits per heavy atom. The van der Waals surface area contributed by atoms with E-state index >= 15 is 0 Å². The number of ether oxygens (including phenoxy) is 1. The summed E-state index contributed by atoms with van der Waals surface area (Å²) in [6.07, 6.45) is 3.90. The molecule has 1 aliphatic rings. The average molecular weight is 286 g/mol. The lowest BCUT2D eigenvalue weighted by Gasteiger charge is -2.02. The molecule has 18 heavy (non-hydrogen) atoms. The fourth-order valence-electron chi connectivity index (χ4n) is 1.71. The zero-order valence-electron chi connectivity index (χ0n) is 11.2. The van der Waals surface area contributed by atoms with E-state index in [1.165, 1.54) is 34.9 Å². The van der Waals surface area contributed by atoms with Crippen molar-refractivity contribution in [3.63, 3.8) is 0 Å². The van der Waals surface area contributed by atoms with Crippen LogP contribution in [0.3, 0.4) is 0 Å². The van der Waals surface area contributed by atoms with Crippen molar-refractivity contribution in [1.29, 1.82) is 0 Å². The van der Waals surface area contributed by atoms with E-state index in [4.69, 9.17) is 9.72 Å². The molecule has 2 rings (SSSR count). The fourth-order valence-corrected chi connectivity index (χ4v) is 3.69. The third-order valence-corrected chi connectivity index (χ3v) is 5.26. The Bertz CT molecular complexity index is 364. The SMILES string of the molecule is CCCSCc1nc(COC)c(CNC2CC2)s1. The predicted molar refractivity (Wildman–Crippen MR) is 79.1 cm³/mol. The average Bonchev–Trinajstić information content (AvgIpc) is 3.11. The van der Waals surface area contributed by atoms with Gasteiger partial charge in [0.15, 0.2) is 0 Å². The standard InChI is InChI=1S/C13H22N2OS2/c1-3-6-17-9-13-15-11(8-16-2)12(18-13)7-14-10-4-5-10/h10,14H,3-9H2,1-2H3. The van der Waals surface area contributed by atoms with E-state index in [1.54, 1.807) is 7.11 Å². The number of thiazole rings is 1. The smallest absolute Gasteiger partial charge is 0.103 e. The molecule has 1 N–H and O–H groups in total. The molecule has 0 aliphatic heterocycles. The first-order valence-corrected chi connectivity index (χ1v) is 8.58. The summed E-state index contributed by atoms with van der Waals surface area (Å²) in [5.41, 5.74) is 1.13. The Morgan fingerprint density at radius 3 is 3.00 bits per heavy atom. The zero-order chi connectivity index (χ0) is 12.8. The van der Waals surface area contributed by atoms with Crippen LogP contribution >= 0.6 is 23.1 Å². The van der Waals surface area contributed by atoms with Crippen molar-refractivity contribution in [1.82, 2.24) is 10.3 Å². The number of methoxy groups -OCH3 is 1. The van der Waals surface area contributed by atoms with Crippen LogP contribution in [0.4, 0.5) is 0 Å². The molecule has 1 saturated carbocycles. The number of hydrogen-bond acceptors (Lipinski definition) is 5. The quantitative estimate of drug-likeness (QED) is 0.707. The van der Waals surface area contributed by atoms with Crippen LogP contribution in [0.1, 0.15) is 41.8 Å². The minimum Gasteiger partial charge on any atom is -0.378 e. The third-order valence-electron chi connectivity index (χ3n) is 2.81. The van der Waals surface area contributed by atoms with Gasteiger partial charge in [-0.3, -0.25) is 0 Å². The zero-order valence-corrected chi connectivity index (χ0v) is 12.8. The van der Waals surface area contributed by atoms with Crippen LogP contribution in [0.2, 0.25) is 0 Å². The first-order chi connectivity index (χ1) is 8.83. The van der Waals surface area contributed by atoms with Gasteiger partial charge in [-0.05, 0) is 25.0 Å². The van der Waals surface area contributed by atoms with E-state index in [0.717, 1.165) is 24.0 Å². The van der Waals surface area contributed by atoms with Crippen molar-refractivity contribution in [2.24, 2.45) is 0 Å². The second-order valence-electron chi connectivity index (χ2n) is 4.62. The molecule has 0 radical (unpaired) electrons. The first kappa shape index (κ1) is 14.3. The molecule has 1 aromatic rings. The molecule has 1 aliphatic carbocycles. The summed E-state index contributed by atoms with van der Waals surface area (Å²) in [6, 6.07) is 0.750. The molecule has 0 atom stereocenters. The summed E-state index contributed by atoms with van der Waals surface area (Å²) < 4.78 is 5.24. The Labute approximate surface area is 118 Å². The van der Waals surface area contributed by atoms with Crippen LogP contribution in [0.15, 0.2) is 0 Å². The van der Waals surface area contributed by atoms with Crippen molar-refractivity contribution in [2.45, 2.75) is 51.1 Å². The van der Waals surface area contributed by atoms with Gasteiger partial charge in [-0.25, -0.2) is 4.98 Å². The monoisotopic (exact) mass is 286 g/mol. The summed E-state index contributed by atoms with van der Waals surface area (Å²) in [5, 5.41) is 4.80. The van der Waals surface area contributed by atoms with Gasteiger partial charge >= 0.3 is 0 Å². The maximum Gasteiger partial charge on any atom is 0.103 e. The lowest BCUT2D eigenvalue weighted by molar-refractivity contribution is 0.181. The van der Waals surface area contributed by atoms with E-state index < -0.39 is 0 Å². The second-order valence-corrected chi connectivity index (χ2v) is 6.89. The molecule has 0 unspecified atom stereocenters. The summed E-state index contributed by atoms with van der Waals surface area (Å²) in [5.74, 6) is 2.26. The van der Waals surface area contributed by atoms with Gasteiger partial charge in [-0.1, -0.05) is 6.92 Å². The minimum atomic E-state index is 0.636. The second kappa shape index (κ2) is 7.48.